The van der Waals surface area contributed by atoms with Gasteiger partial charge in [-0.05, 0) is 30.7 Å². The summed E-state index contributed by atoms with van der Waals surface area (Å²) in [6.45, 7) is 1.42. The third kappa shape index (κ3) is 1.86. The van der Waals surface area contributed by atoms with Gasteiger partial charge in [0, 0.05) is 6.54 Å². The Hall–Kier alpha value is -1.26. The van der Waals surface area contributed by atoms with E-state index in [1.165, 1.54) is 0 Å². The van der Waals surface area contributed by atoms with Crippen molar-refractivity contribution in [3.63, 3.8) is 0 Å². The van der Waals surface area contributed by atoms with Crippen molar-refractivity contribution in [1.29, 1.82) is 0 Å². The summed E-state index contributed by atoms with van der Waals surface area (Å²) in [7, 11) is 3.20. The molecule has 0 radical (unpaired) electrons. The molecule has 16 heavy (non-hydrogen) atoms. The van der Waals surface area contributed by atoms with Crippen LogP contribution in [0.5, 0.6) is 11.5 Å². The lowest BCUT2D eigenvalue weighted by Gasteiger charge is -2.22. The molecule has 2 N–H and O–H groups in total. The van der Waals surface area contributed by atoms with Crippen molar-refractivity contribution in [1.82, 2.24) is 5.32 Å². The summed E-state index contributed by atoms with van der Waals surface area (Å²) in [5.41, 5.74) is 0.0923. The number of hydrogen-bond acceptors (Lipinski definition) is 4. The SMILES string of the molecule is COc1ccc(C2(O)CCNC2)cc1OC. The number of nitrogens with one attached hydrogen (secondary N) is 1. The van der Waals surface area contributed by atoms with E-state index in [2.05, 4.69) is 5.32 Å². The van der Waals surface area contributed by atoms with Gasteiger partial charge in [-0.15, -0.1) is 0 Å². The van der Waals surface area contributed by atoms with Gasteiger partial charge in [-0.3, -0.25) is 0 Å². The Labute approximate surface area is 95.2 Å². The molecule has 88 valence electrons. The van der Waals surface area contributed by atoms with Gasteiger partial charge in [0.2, 0.25) is 0 Å². The first-order valence-corrected chi connectivity index (χ1v) is 5.35. The van der Waals surface area contributed by atoms with Crippen LogP contribution in [0.25, 0.3) is 0 Å². The molecule has 0 bridgehead atoms. The summed E-state index contributed by atoms with van der Waals surface area (Å²) in [5, 5.41) is 13.5. The predicted octanol–water partition coefficient (Wildman–Crippen LogP) is 0.885. The first-order valence-electron chi connectivity index (χ1n) is 5.35. The summed E-state index contributed by atoms with van der Waals surface area (Å²) in [6.07, 6.45) is 0.725. The summed E-state index contributed by atoms with van der Waals surface area (Å²) in [5.74, 6) is 1.33. The third-order valence-electron chi connectivity index (χ3n) is 3.05. The van der Waals surface area contributed by atoms with E-state index < -0.39 is 5.60 Å². The lowest BCUT2D eigenvalue weighted by atomic mass is 9.93. The van der Waals surface area contributed by atoms with Crippen LogP contribution in [0.4, 0.5) is 0 Å². The molecule has 4 heteroatoms. The first kappa shape index (κ1) is 11.2. The maximum atomic E-state index is 10.4. The van der Waals surface area contributed by atoms with E-state index in [4.69, 9.17) is 9.47 Å². The first-order chi connectivity index (χ1) is 7.69. The molecule has 1 atom stereocenters. The average molecular weight is 223 g/mol. The summed E-state index contributed by atoms with van der Waals surface area (Å²) < 4.78 is 10.4. The molecular formula is C12H17NO3. The monoisotopic (exact) mass is 223 g/mol. The van der Waals surface area contributed by atoms with Crippen LogP contribution in [0.15, 0.2) is 18.2 Å². The van der Waals surface area contributed by atoms with Crippen LogP contribution in [0.2, 0.25) is 0 Å². The largest absolute Gasteiger partial charge is 0.493 e. The van der Waals surface area contributed by atoms with Crippen LogP contribution in [0, 0.1) is 0 Å². The molecule has 1 aromatic carbocycles. The number of benzene rings is 1. The van der Waals surface area contributed by atoms with Crippen molar-refractivity contribution in [2.45, 2.75) is 12.0 Å². The van der Waals surface area contributed by atoms with Crippen molar-refractivity contribution in [3.05, 3.63) is 23.8 Å². The lowest BCUT2D eigenvalue weighted by Crippen LogP contribution is -2.28. The molecule has 1 aromatic rings. The minimum absolute atomic E-state index is 0.586. The van der Waals surface area contributed by atoms with E-state index in [-0.39, 0.29) is 0 Å². The summed E-state index contributed by atoms with van der Waals surface area (Å²) in [6, 6.07) is 5.55. The minimum Gasteiger partial charge on any atom is -0.493 e. The molecule has 1 fully saturated rings. The Morgan fingerprint density at radius 1 is 1.25 bits per heavy atom. The highest BCUT2D eigenvalue weighted by Crippen LogP contribution is 2.34. The molecule has 1 heterocycles. The zero-order chi connectivity index (χ0) is 11.6. The second kappa shape index (κ2) is 4.31. The molecular weight excluding hydrogens is 206 g/mol. The fourth-order valence-corrected chi connectivity index (χ4v) is 2.05. The quantitative estimate of drug-likeness (QED) is 0.799. The van der Waals surface area contributed by atoms with Gasteiger partial charge in [-0.25, -0.2) is 0 Å². The highest BCUT2D eigenvalue weighted by molar-refractivity contribution is 5.44. The van der Waals surface area contributed by atoms with E-state index in [1.54, 1.807) is 14.2 Å². The van der Waals surface area contributed by atoms with Crippen LogP contribution in [-0.2, 0) is 5.60 Å². The van der Waals surface area contributed by atoms with E-state index >= 15 is 0 Å². The Morgan fingerprint density at radius 3 is 2.56 bits per heavy atom. The Bertz CT molecular complexity index is 373. The van der Waals surface area contributed by atoms with Crippen molar-refractivity contribution in [2.75, 3.05) is 27.3 Å². The third-order valence-corrected chi connectivity index (χ3v) is 3.05. The molecule has 1 aliphatic heterocycles. The van der Waals surface area contributed by atoms with Gasteiger partial charge >= 0.3 is 0 Å². The van der Waals surface area contributed by atoms with Crippen LogP contribution < -0.4 is 14.8 Å². The van der Waals surface area contributed by atoms with Crippen LogP contribution >= 0.6 is 0 Å². The molecule has 4 nitrogen and oxygen atoms in total. The fourth-order valence-electron chi connectivity index (χ4n) is 2.05. The summed E-state index contributed by atoms with van der Waals surface area (Å²) >= 11 is 0. The molecule has 2 rings (SSSR count). The van der Waals surface area contributed by atoms with E-state index in [1.807, 2.05) is 18.2 Å². The van der Waals surface area contributed by atoms with E-state index in [0.717, 1.165) is 18.5 Å². The molecule has 0 amide bonds. The van der Waals surface area contributed by atoms with Crippen molar-refractivity contribution in [2.24, 2.45) is 0 Å². The van der Waals surface area contributed by atoms with Crippen LogP contribution in [-0.4, -0.2) is 32.4 Å². The second-order valence-corrected chi connectivity index (χ2v) is 4.03. The zero-order valence-corrected chi connectivity index (χ0v) is 9.62. The highest BCUT2D eigenvalue weighted by atomic mass is 16.5. The van der Waals surface area contributed by atoms with Gasteiger partial charge in [0.05, 0.1) is 14.2 Å². The minimum atomic E-state index is -0.778. The number of rotatable bonds is 3. The van der Waals surface area contributed by atoms with Gasteiger partial charge < -0.3 is 19.9 Å². The topological polar surface area (TPSA) is 50.7 Å². The van der Waals surface area contributed by atoms with Gasteiger partial charge in [0.15, 0.2) is 11.5 Å². The van der Waals surface area contributed by atoms with Crippen LogP contribution in [0.1, 0.15) is 12.0 Å². The number of methoxy groups -OCH3 is 2. The number of ether oxygens (including phenoxy) is 2. The maximum Gasteiger partial charge on any atom is 0.161 e. The average Bonchev–Trinajstić information content (AvgIpc) is 2.76. The molecule has 1 aliphatic rings. The molecule has 1 saturated heterocycles. The molecule has 0 spiro atoms. The Balaban J connectivity index is 2.35. The molecule has 0 aromatic heterocycles. The normalized spacial score (nSPS) is 24.4. The standard InChI is InChI=1S/C12H17NO3/c1-15-10-4-3-9(7-11(10)16-2)12(14)5-6-13-8-12/h3-4,7,13-14H,5-6,8H2,1-2H3. The number of aliphatic hydroxyl groups is 1. The van der Waals surface area contributed by atoms with Crippen molar-refractivity contribution < 1.29 is 14.6 Å². The van der Waals surface area contributed by atoms with Gasteiger partial charge in [-0.1, -0.05) is 6.07 Å². The predicted molar refractivity (Wildman–Crippen MR) is 60.9 cm³/mol. The van der Waals surface area contributed by atoms with Crippen LogP contribution in [0.3, 0.4) is 0 Å². The van der Waals surface area contributed by atoms with Crippen molar-refractivity contribution >= 4 is 0 Å². The maximum absolute atomic E-state index is 10.4. The van der Waals surface area contributed by atoms with Gasteiger partial charge in [0.25, 0.3) is 0 Å². The number of β-amino-alcohol motifs (C(OH)–C–C–N with tert-alkyl or cyclic N) is 1. The zero-order valence-electron chi connectivity index (χ0n) is 9.62. The number of hydrogen-bond donors (Lipinski definition) is 2. The molecule has 0 aliphatic carbocycles. The smallest absolute Gasteiger partial charge is 0.161 e. The molecule has 1 unspecified atom stereocenters. The lowest BCUT2D eigenvalue weighted by molar-refractivity contribution is 0.0584. The fraction of sp³-hybridized carbons (Fsp3) is 0.500. The Kier molecular flexibility index (Phi) is 3.03. The van der Waals surface area contributed by atoms with Crippen molar-refractivity contribution in [3.8, 4) is 11.5 Å². The summed E-state index contributed by atoms with van der Waals surface area (Å²) in [4.78, 5) is 0. The van der Waals surface area contributed by atoms with Gasteiger partial charge in [0.1, 0.15) is 5.60 Å². The second-order valence-electron chi connectivity index (χ2n) is 4.03. The highest BCUT2D eigenvalue weighted by Gasteiger charge is 2.33. The van der Waals surface area contributed by atoms with E-state index in [0.29, 0.717) is 18.0 Å². The van der Waals surface area contributed by atoms with Gasteiger partial charge in [-0.2, -0.15) is 0 Å². The Morgan fingerprint density at radius 2 is 2.00 bits per heavy atom. The van der Waals surface area contributed by atoms with E-state index in [9.17, 15) is 5.11 Å². The molecule has 0 saturated carbocycles.